The van der Waals surface area contributed by atoms with E-state index in [0.29, 0.717) is 5.56 Å². The lowest BCUT2D eigenvalue weighted by molar-refractivity contribution is 0.0314. The summed E-state index contributed by atoms with van der Waals surface area (Å²) in [5, 5.41) is 0. The monoisotopic (exact) mass is 318 g/mol. The molecule has 0 spiro atoms. The average Bonchev–Trinajstić information content (AvgIpc) is 2.46. The molecule has 0 radical (unpaired) electrons. The van der Waals surface area contributed by atoms with Crippen LogP contribution in [0.2, 0.25) is 0 Å². The van der Waals surface area contributed by atoms with Crippen LogP contribution < -0.4 is 5.63 Å². The van der Waals surface area contributed by atoms with Gasteiger partial charge in [0.1, 0.15) is 17.1 Å². The number of hydrogen-bond donors (Lipinski definition) is 0. The van der Waals surface area contributed by atoms with E-state index in [0.717, 1.165) is 12.1 Å². The third kappa shape index (κ3) is 3.71. The van der Waals surface area contributed by atoms with Crippen molar-refractivity contribution >= 4 is 11.8 Å². The molecule has 0 N–H and O–H groups in total. The number of benzene rings is 1. The summed E-state index contributed by atoms with van der Waals surface area (Å²) in [6.07, 6.45) is -1.06. The van der Waals surface area contributed by atoms with Gasteiger partial charge in [0.15, 0.2) is 6.10 Å². The molecule has 1 aromatic carbocycles. The van der Waals surface area contributed by atoms with E-state index in [-0.39, 0.29) is 16.9 Å². The molecule has 0 fully saturated rings. The standard InChI is InChI=1S/C17H15FO5/c1-9-8-14(19)22-10(2)15(9)17(21)23-11(3)16(20)12-4-6-13(18)7-5-12/h4-8,11H,1-3H3/t11-/m1/s1. The van der Waals surface area contributed by atoms with Crippen molar-refractivity contribution in [1.82, 2.24) is 0 Å². The number of carbonyl (C=O) groups is 2. The lowest BCUT2D eigenvalue weighted by Gasteiger charge is -2.14. The Morgan fingerprint density at radius 2 is 1.78 bits per heavy atom. The molecule has 0 aliphatic rings. The molecule has 5 nitrogen and oxygen atoms in total. The summed E-state index contributed by atoms with van der Waals surface area (Å²) in [6.45, 7) is 4.47. The second-order valence-electron chi connectivity index (χ2n) is 5.10. The number of halogens is 1. The van der Waals surface area contributed by atoms with E-state index in [9.17, 15) is 18.8 Å². The van der Waals surface area contributed by atoms with E-state index >= 15 is 0 Å². The van der Waals surface area contributed by atoms with E-state index < -0.39 is 29.3 Å². The zero-order valence-corrected chi connectivity index (χ0v) is 12.9. The van der Waals surface area contributed by atoms with E-state index in [1.807, 2.05) is 0 Å². The molecule has 0 saturated heterocycles. The second kappa shape index (κ2) is 6.56. The van der Waals surface area contributed by atoms with Crippen LogP contribution in [0, 0.1) is 19.7 Å². The van der Waals surface area contributed by atoms with Gasteiger partial charge >= 0.3 is 11.6 Å². The highest BCUT2D eigenvalue weighted by Gasteiger charge is 2.23. The highest BCUT2D eigenvalue weighted by Crippen LogP contribution is 2.15. The first kappa shape index (κ1) is 16.6. The third-order valence-electron chi connectivity index (χ3n) is 3.32. The van der Waals surface area contributed by atoms with Gasteiger partial charge in [0.05, 0.1) is 0 Å². The Kier molecular flexibility index (Phi) is 4.74. The van der Waals surface area contributed by atoms with Crippen LogP contribution in [0.5, 0.6) is 0 Å². The Labute approximate surface area is 131 Å². The van der Waals surface area contributed by atoms with Crippen LogP contribution in [0.3, 0.4) is 0 Å². The quantitative estimate of drug-likeness (QED) is 0.640. The van der Waals surface area contributed by atoms with Crippen LogP contribution in [0.4, 0.5) is 4.39 Å². The average molecular weight is 318 g/mol. The molecule has 1 atom stereocenters. The molecular formula is C17H15FO5. The lowest BCUT2D eigenvalue weighted by Crippen LogP contribution is -2.25. The SMILES string of the molecule is Cc1cc(=O)oc(C)c1C(=O)O[C@H](C)C(=O)c1ccc(F)cc1. The Morgan fingerprint density at radius 1 is 1.17 bits per heavy atom. The minimum atomic E-state index is -1.06. The van der Waals surface area contributed by atoms with Crippen LogP contribution in [0.15, 0.2) is 39.5 Å². The molecule has 1 heterocycles. The second-order valence-corrected chi connectivity index (χ2v) is 5.10. The van der Waals surface area contributed by atoms with Gasteiger partial charge < -0.3 is 9.15 Å². The predicted molar refractivity (Wildman–Crippen MR) is 80.1 cm³/mol. The fourth-order valence-corrected chi connectivity index (χ4v) is 2.18. The van der Waals surface area contributed by atoms with Gasteiger partial charge in [0.2, 0.25) is 5.78 Å². The van der Waals surface area contributed by atoms with Crippen molar-refractivity contribution in [3.8, 4) is 0 Å². The van der Waals surface area contributed by atoms with E-state index in [2.05, 4.69) is 0 Å². The summed E-state index contributed by atoms with van der Waals surface area (Å²) in [6, 6.07) is 6.13. The van der Waals surface area contributed by atoms with Gasteiger partial charge in [0.25, 0.3) is 0 Å². The molecule has 2 rings (SSSR count). The van der Waals surface area contributed by atoms with Gasteiger partial charge in [-0.25, -0.2) is 14.0 Å². The Morgan fingerprint density at radius 3 is 2.35 bits per heavy atom. The van der Waals surface area contributed by atoms with Gasteiger partial charge in [-0.1, -0.05) is 0 Å². The van der Waals surface area contributed by atoms with Gasteiger partial charge in [-0.15, -0.1) is 0 Å². The minimum absolute atomic E-state index is 0.114. The summed E-state index contributed by atoms with van der Waals surface area (Å²) in [4.78, 5) is 35.6. The number of carbonyl (C=O) groups excluding carboxylic acids is 2. The van der Waals surface area contributed by atoms with Crippen molar-refractivity contribution < 1.29 is 23.1 Å². The summed E-state index contributed by atoms with van der Waals surface area (Å²) < 4.78 is 22.9. The van der Waals surface area contributed by atoms with Crippen molar-refractivity contribution in [1.29, 1.82) is 0 Å². The smallest absolute Gasteiger partial charge is 0.342 e. The van der Waals surface area contributed by atoms with Crippen LogP contribution in [0.1, 0.15) is 39.0 Å². The van der Waals surface area contributed by atoms with Crippen molar-refractivity contribution in [3.05, 3.63) is 69.0 Å². The third-order valence-corrected chi connectivity index (χ3v) is 3.32. The van der Waals surface area contributed by atoms with E-state index in [1.165, 1.54) is 32.0 Å². The number of hydrogen-bond acceptors (Lipinski definition) is 5. The number of Topliss-reactive ketones (excluding diaryl/α,β-unsaturated/α-hetero) is 1. The van der Waals surface area contributed by atoms with Crippen LogP contribution in [-0.4, -0.2) is 17.9 Å². The molecule has 0 aliphatic carbocycles. The van der Waals surface area contributed by atoms with Crippen molar-refractivity contribution in [2.24, 2.45) is 0 Å². The van der Waals surface area contributed by atoms with Crippen LogP contribution in [0.25, 0.3) is 0 Å². The Bertz CT molecular complexity index is 778. The first-order valence-electron chi connectivity index (χ1n) is 6.91. The van der Waals surface area contributed by atoms with Crippen molar-refractivity contribution in [3.63, 3.8) is 0 Å². The summed E-state index contributed by atoms with van der Waals surface area (Å²) in [5.41, 5.74) is 0.195. The van der Waals surface area contributed by atoms with Gasteiger partial charge in [-0.05, 0) is 50.6 Å². The lowest BCUT2D eigenvalue weighted by atomic mass is 10.1. The molecule has 0 amide bonds. The topological polar surface area (TPSA) is 73.6 Å². The maximum absolute atomic E-state index is 12.9. The molecule has 1 aromatic heterocycles. The first-order valence-corrected chi connectivity index (χ1v) is 6.91. The van der Waals surface area contributed by atoms with E-state index in [4.69, 9.17) is 9.15 Å². The molecule has 120 valence electrons. The maximum atomic E-state index is 12.9. The van der Waals surface area contributed by atoms with Gasteiger partial charge in [-0.2, -0.15) is 0 Å². The molecule has 2 aromatic rings. The minimum Gasteiger partial charge on any atom is -0.451 e. The molecule has 0 aliphatic heterocycles. The van der Waals surface area contributed by atoms with Crippen molar-refractivity contribution in [2.45, 2.75) is 26.9 Å². The largest absolute Gasteiger partial charge is 0.451 e. The Hall–Kier alpha value is -2.76. The first-order chi connectivity index (χ1) is 10.8. The fourth-order valence-electron chi connectivity index (χ4n) is 2.18. The molecule has 23 heavy (non-hydrogen) atoms. The molecular weight excluding hydrogens is 303 g/mol. The predicted octanol–water partition coefficient (Wildman–Crippen LogP) is 2.82. The maximum Gasteiger partial charge on any atom is 0.342 e. The normalized spacial score (nSPS) is 11.8. The van der Waals surface area contributed by atoms with E-state index in [1.54, 1.807) is 6.92 Å². The number of aryl methyl sites for hydroxylation is 2. The number of ketones is 1. The van der Waals surface area contributed by atoms with Crippen LogP contribution >= 0.6 is 0 Å². The molecule has 6 heteroatoms. The number of ether oxygens (including phenoxy) is 1. The summed E-state index contributed by atoms with van der Waals surface area (Å²) >= 11 is 0. The summed E-state index contributed by atoms with van der Waals surface area (Å²) in [5.74, 6) is -1.55. The molecule has 0 unspecified atom stereocenters. The van der Waals surface area contributed by atoms with Gasteiger partial charge in [0, 0.05) is 11.6 Å². The number of rotatable bonds is 4. The Balaban J connectivity index is 2.18. The highest BCUT2D eigenvalue weighted by molar-refractivity contribution is 6.01. The molecule has 0 bridgehead atoms. The van der Waals surface area contributed by atoms with Crippen LogP contribution in [-0.2, 0) is 4.74 Å². The summed E-state index contributed by atoms with van der Waals surface area (Å²) in [7, 11) is 0. The zero-order valence-electron chi connectivity index (χ0n) is 12.9. The molecule has 0 saturated carbocycles. The number of esters is 1. The fraction of sp³-hybridized carbons (Fsp3) is 0.235. The zero-order chi connectivity index (χ0) is 17.1. The highest BCUT2D eigenvalue weighted by atomic mass is 19.1. The van der Waals surface area contributed by atoms with Gasteiger partial charge in [-0.3, -0.25) is 4.79 Å². The van der Waals surface area contributed by atoms with Crippen molar-refractivity contribution in [2.75, 3.05) is 0 Å².